The standard InChI is InChI=1S/C26H34N2O3/c1-18(27-26(29)20-11-7-8-12-20)25-22-16-24(31-3)23(30-2)15-21(22)13-14-28(25)17-19-9-5-4-6-10-19/h4-6,9-10,15-16,18,20,25H,7-8,11-14,17H2,1-3H3,(H,27,29)/t18-,25-/m0/s1. The third-order valence-corrected chi connectivity index (χ3v) is 6.82. The molecule has 0 unspecified atom stereocenters. The highest BCUT2D eigenvalue weighted by molar-refractivity contribution is 5.79. The molecule has 166 valence electrons. The van der Waals surface area contributed by atoms with Crippen LogP contribution < -0.4 is 14.8 Å². The van der Waals surface area contributed by atoms with Crippen molar-refractivity contribution in [1.82, 2.24) is 10.2 Å². The van der Waals surface area contributed by atoms with Crippen molar-refractivity contribution in [2.24, 2.45) is 5.92 Å². The molecule has 1 heterocycles. The highest BCUT2D eigenvalue weighted by Crippen LogP contribution is 2.40. The topological polar surface area (TPSA) is 50.8 Å². The molecule has 1 aliphatic carbocycles. The lowest BCUT2D eigenvalue weighted by molar-refractivity contribution is -0.126. The molecule has 1 aliphatic heterocycles. The first kappa shape index (κ1) is 21.7. The third-order valence-electron chi connectivity index (χ3n) is 6.82. The van der Waals surface area contributed by atoms with E-state index in [4.69, 9.17) is 9.47 Å². The van der Waals surface area contributed by atoms with Gasteiger partial charge in [-0.15, -0.1) is 0 Å². The number of methoxy groups -OCH3 is 2. The second kappa shape index (κ2) is 9.73. The van der Waals surface area contributed by atoms with Gasteiger partial charge < -0.3 is 14.8 Å². The average molecular weight is 423 g/mol. The van der Waals surface area contributed by atoms with Crippen LogP contribution in [0.1, 0.15) is 55.3 Å². The molecule has 5 nitrogen and oxygen atoms in total. The van der Waals surface area contributed by atoms with Gasteiger partial charge in [0.05, 0.1) is 20.3 Å². The SMILES string of the molecule is COc1cc2c(cc1OC)[C@H]([C@H](C)NC(=O)C1CCCC1)N(Cc1ccccc1)CC2. The van der Waals surface area contributed by atoms with E-state index in [0.717, 1.165) is 56.7 Å². The minimum Gasteiger partial charge on any atom is -0.493 e. The van der Waals surface area contributed by atoms with Crippen LogP contribution in [0.15, 0.2) is 42.5 Å². The molecule has 1 N–H and O–H groups in total. The molecule has 2 aromatic carbocycles. The van der Waals surface area contributed by atoms with Crippen LogP contribution in [0.5, 0.6) is 11.5 Å². The average Bonchev–Trinajstić information content (AvgIpc) is 3.33. The smallest absolute Gasteiger partial charge is 0.223 e. The molecule has 1 amide bonds. The number of carbonyl (C=O) groups excluding carboxylic acids is 1. The van der Waals surface area contributed by atoms with E-state index in [0.29, 0.717) is 0 Å². The molecule has 0 saturated heterocycles. The fourth-order valence-electron chi connectivity index (χ4n) is 5.22. The molecule has 0 aromatic heterocycles. The highest BCUT2D eigenvalue weighted by Gasteiger charge is 2.35. The van der Waals surface area contributed by atoms with E-state index in [2.05, 4.69) is 53.5 Å². The van der Waals surface area contributed by atoms with E-state index in [1.54, 1.807) is 14.2 Å². The number of fused-ring (bicyclic) bond motifs is 1. The Labute approximate surface area is 185 Å². The molecule has 0 spiro atoms. The molecule has 31 heavy (non-hydrogen) atoms. The maximum absolute atomic E-state index is 12.9. The summed E-state index contributed by atoms with van der Waals surface area (Å²) in [6.07, 6.45) is 5.30. The van der Waals surface area contributed by atoms with Gasteiger partial charge in [-0.25, -0.2) is 0 Å². The summed E-state index contributed by atoms with van der Waals surface area (Å²) in [7, 11) is 3.35. The quantitative estimate of drug-likeness (QED) is 0.714. The van der Waals surface area contributed by atoms with Crippen molar-refractivity contribution in [3.8, 4) is 11.5 Å². The van der Waals surface area contributed by atoms with E-state index in [9.17, 15) is 4.79 Å². The Bertz CT molecular complexity index is 893. The Morgan fingerprint density at radius 2 is 1.77 bits per heavy atom. The monoisotopic (exact) mass is 422 g/mol. The number of amides is 1. The van der Waals surface area contributed by atoms with Crippen molar-refractivity contribution in [2.45, 2.75) is 57.7 Å². The van der Waals surface area contributed by atoms with Crippen molar-refractivity contribution in [1.29, 1.82) is 0 Å². The second-order valence-electron chi connectivity index (χ2n) is 8.84. The minimum absolute atomic E-state index is 0.00559. The first-order valence-electron chi connectivity index (χ1n) is 11.4. The van der Waals surface area contributed by atoms with Crippen LogP contribution in [-0.4, -0.2) is 37.6 Å². The zero-order chi connectivity index (χ0) is 21.8. The van der Waals surface area contributed by atoms with Crippen LogP contribution in [0, 0.1) is 5.92 Å². The molecular weight excluding hydrogens is 388 g/mol. The summed E-state index contributed by atoms with van der Waals surface area (Å²) < 4.78 is 11.2. The predicted octanol–water partition coefficient (Wildman–Crippen LogP) is 4.50. The van der Waals surface area contributed by atoms with E-state index in [1.165, 1.54) is 16.7 Å². The van der Waals surface area contributed by atoms with Crippen LogP contribution in [0.4, 0.5) is 0 Å². The molecule has 2 aromatic rings. The van der Waals surface area contributed by atoms with E-state index in [1.807, 2.05) is 6.07 Å². The van der Waals surface area contributed by atoms with E-state index < -0.39 is 0 Å². The molecule has 2 atom stereocenters. The Kier molecular flexibility index (Phi) is 6.81. The van der Waals surface area contributed by atoms with Crippen LogP contribution >= 0.6 is 0 Å². The number of nitrogens with zero attached hydrogens (tertiary/aromatic N) is 1. The largest absolute Gasteiger partial charge is 0.493 e. The van der Waals surface area contributed by atoms with Gasteiger partial charge in [0, 0.05) is 25.0 Å². The summed E-state index contributed by atoms with van der Waals surface area (Å²) in [5.41, 5.74) is 3.78. The molecule has 2 aliphatic rings. The Morgan fingerprint density at radius 1 is 1.10 bits per heavy atom. The van der Waals surface area contributed by atoms with Gasteiger partial charge in [-0.05, 0) is 55.0 Å². The Balaban J connectivity index is 1.65. The van der Waals surface area contributed by atoms with Gasteiger partial charge in [-0.3, -0.25) is 9.69 Å². The summed E-state index contributed by atoms with van der Waals surface area (Å²) in [5, 5.41) is 3.36. The molecule has 1 fully saturated rings. The summed E-state index contributed by atoms with van der Waals surface area (Å²) in [4.78, 5) is 15.4. The number of benzene rings is 2. The lowest BCUT2D eigenvalue weighted by Gasteiger charge is -2.41. The minimum atomic E-state index is -0.00559. The van der Waals surface area contributed by atoms with Crippen molar-refractivity contribution in [3.63, 3.8) is 0 Å². The van der Waals surface area contributed by atoms with Crippen LogP contribution in [0.2, 0.25) is 0 Å². The fourth-order valence-corrected chi connectivity index (χ4v) is 5.22. The van der Waals surface area contributed by atoms with E-state index >= 15 is 0 Å². The Morgan fingerprint density at radius 3 is 2.45 bits per heavy atom. The van der Waals surface area contributed by atoms with E-state index in [-0.39, 0.29) is 23.9 Å². The van der Waals surface area contributed by atoms with Crippen molar-refractivity contribution < 1.29 is 14.3 Å². The highest BCUT2D eigenvalue weighted by atomic mass is 16.5. The van der Waals surface area contributed by atoms with Gasteiger partial charge in [-0.1, -0.05) is 43.2 Å². The molecule has 5 heteroatoms. The number of nitrogens with one attached hydrogen (secondary N) is 1. The van der Waals surface area contributed by atoms with Gasteiger partial charge in [0.15, 0.2) is 11.5 Å². The summed E-state index contributed by atoms with van der Waals surface area (Å²) >= 11 is 0. The number of hydrogen-bond donors (Lipinski definition) is 1. The first-order valence-corrected chi connectivity index (χ1v) is 11.4. The summed E-state index contributed by atoms with van der Waals surface area (Å²) in [6.45, 7) is 3.93. The molecule has 0 bridgehead atoms. The van der Waals surface area contributed by atoms with Crippen molar-refractivity contribution in [3.05, 3.63) is 59.2 Å². The second-order valence-corrected chi connectivity index (χ2v) is 8.84. The van der Waals surface area contributed by atoms with Gasteiger partial charge in [0.2, 0.25) is 5.91 Å². The Hall–Kier alpha value is -2.53. The number of carbonyl (C=O) groups is 1. The predicted molar refractivity (Wildman–Crippen MR) is 122 cm³/mol. The number of ether oxygens (including phenoxy) is 2. The maximum atomic E-state index is 12.9. The van der Waals surface area contributed by atoms with Crippen LogP contribution in [-0.2, 0) is 17.8 Å². The maximum Gasteiger partial charge on any atom is 0.223 e. The zero-order valence-corrected chi connectivity index (χ0v) is 18.9. The van der Waals surface area contributed by atoms with Gasteiger partial charge in [0.1, 0.15) is 0 Å². The van der Waals surface area contributed by atoms with Crippen LogP contribution in [0.25, 0.3) is 0 Å². The lowest BCUT2D eigenvalue weighted by Crippen LogP contribution is -2.48. The van der Waals surface area contributed by atoms with Crippen molar-refractivity contribution >= 4 is 5.91 Å². The summed E-state index contributed by atoms with van der Waals surface area (Å²) in [6, 6.07) is 14.8. The van der Waals surface area contributed by atoms with Gasteiger partial charge in [0.25, 0.3) is 0 Å². The van der Waals surface area contributed by atoms with Crippen molar-refractivity contribution in [2.75, 3.05) is 20.8 Å². The van der Waals surface area contributed by atoms with Gasteiger partial charge >= 0.3 is 0 Å². The fraction of sp³-hybridized carbons (Fsp3) is 0.500. The third kappa shape index (κ3) is 4.72. The first-order chi connectivity index (χ1) is 15.1. The number of hydrogen-bond acceptors (Lipinski definition) is 4. The zero-order valence-electron chi connectivity index (χ0n) is 18.9. The summed E-state index contributed by atoms with van der Waals surface area (Å²) in [5.74, 6) is 1.87. The molecular formula is C26H34N2O3. The van der Waals surface area contributed by atoms with Gasteiger partial charge in [-0.2, -0.15) is 0 Å². The molecule has 1 saturated carbocycles. The molecule has 4 rings (SSSR count). The lowest BCUT2D eigenvalue weighted by atomic mass is 9.87. The van der Waals surface area contributed by atoms with Crippen LogP contribution in [0.3, 0.4) is 0 Å². The molecule has 0 radical (unpaired) electrons. The number of rotatable bonds is 7. The normalized spacial score (nSPS) is 20.2.